The summed E-state index contributed by atoms with van der Waals surface area (Å²) < 4.78 is 27.2. The van der Waals surface area contributed by atoms with E-state index < -0.39 is 21.8 Å². The molecule has 3 N–H and O–H groups in total. The number of nitrogens with one attached hydrogen (secondary N) is 1. The van der Waals surface area contributed by atoms with E-state index in [0.717, 1.165) is 35.3 Å². The number of rotatable bonds is 7. The first kappa shape index (κ1) is 24.1. The molecule has 1 aliphatic carbocycles. The van der Waals surface area contributed by atoms with E-state index in [1.54, 1.807) is 0 Å². The van der Waals surface area contributed by atoms with Gasteiger partial charge in [-0.3, -0.25) is 9.59 Å². The van der Waals surface area contributed by atoms with Crippen LogP contribution in [-0.4, -0.2) is 31.6 Å². The van der Waals surface area contributed by atoms with Crippen molar-refractivity contribution in [1.82, 2.24) is 4.31 Å². The van der Waals surface area contributed by atoms with E-state index in [2.05, 4.69) is 12.2 Å². The van der Waals surface area contributed by atoms with Crippen molar-refractivity contribution in [3.05, 3.63) is 81.7 Å². The highest BCUT2D eigenvalue weighted by Crippen LogP contribution is 2.39. The second-order valence-electron chi connectivity index (χ2n) is 8.65. The van der Waals surface area contributed by atoms with Gasteiger partial charge in [0.05, 0.1) is 10.5 Å². The molecule has 0 aliphatic heterocycles. The van der Waals surface area contributed by atoms with Gasteiger partial charge in [0, 0.05) is 24.0 Å². The van der Waals surface area contributed by atoms with Gasteiger partial charge in [-0.25, -0.2) is 8.42 Å². The van der Waals surface area contributed by atoms with Gasteiger partial charge in [0.2, 0.25) is 10.0 Å². The maximum Gasteiger partial charge on any atom is 0.256 e. The topological polar surface area (TPSA) is 110 Å². The van der Waals surface area contributed by atoms with Gasteiger partial charge in [-0.15, -0.1) is 11.3 Å². The number of amides is 2. The highest BCUT2D eigenvalue weighted by Gasteiger charge is 2.27. The fourth-order valence-corrected chi connectivity index (χ4v) is 6.73. The number of primary amides is 1. The molecule has 3 aromatic rings. The number of fused-ring (bicyclic) bond motifs is 1. The summed E-state index contributed by atoms with van der Waals surface area (Å²) in [4.78, 5) is 26.2. The molecule has 0 spiro atoms. The number of carbonyl (C=O) groups excluding carboxylic acids is 2. The number of sulfonamides is 1. The third-order valence-electron chi connectivity index (χ3n) is 6.06. The van der Waals surface area contributed by atoms with E-state index in [9.17, 15) is 18.0 Å². The average molecular weight is 498 g/mol. The molecule has 2 aromatic carbocycles. The van der Waals surface area contributed by atoms with Gasteiger partial charge in [-0.2, -0.15) is 4.31 Å². The minimum absolute atomic E-state index is 0.0980. The number of benzene rings is 2. The van der Waals surface area contributed by atoms with Gasteiger partial charge in [-0.1, -0.05) is 37.3 Å². The Bertz CT molecular complexity index is 1320. The van der Waals surface area contributed by atoms with E-state index in [-0.39, 0.29) is 11.4 Å². The Morgan fingerprint density at radius 1 is 1.12 bits per heavy atom. The Labute approximate surface area is 203 Å². The third kappa shape index (κ3) is 4.91. The SMILES string of the molecule is CC1CCc2c(sc(NC(=O)c3ccc(S(=O)(=O)N(C)Cc4ccccc4)cc3)c2C(N)=O)C1. The molecular formula is C25H27N3O4S2. The molecule has 9 heteroatoms. The summed E-state index contributed by atoms with van der Waals surface area (Å²) in [5.41, 5.74) is 8.13. The van der Waals surface area contributed by atoms with Crippen LogP contribution >= 0.6 is 11.3 Å². The number of thiophene rings is 1. The number of anilines is 1. The van der Waals surface area contributed by atoms with Gasteiger partial charge in [0.15, 0.2) is 0 Å². The molecule has 34 heavy (non-hydrogen) atoms. The zero-order chi connectivity index (χ0) is 24.5. The summed E-state index contributed by atoms with van der Waals surface area (Å²) in [6.07, 6.45) is 2.61. The Balaban J connectivity index is 1.51. The highest BCUT2D eigenvalue weighted by atomic mass is 32.2. The first-order chi connectivity index (χ1) is 16.2. The van der Waals surface area contributed by atoms with Crippen molar-refractivity contribution in [2.45, 2.75) is 37.6 Å². The first-order valence-electron chi connectivity index (χ1n) is 11.0. The predicted molar refractivity (Wildman–Crippen MR) is 134 cm³/mol. The lowest BCUT2D eigenvalue weighted by atomic mass is 9.88. The second kappa shape index (κ2) is 9.69. The van der Waals surface area contributed by atoms with Crippen molar-refractivity contribution in [3.63, 3.8) is 0 Å². The van der Waals surface area contributed by atoms with Crippen LogP contribution in [0.5, 0.6) is 0 Å². The van der Waals surface area contributed by atoms with Crippen LogP contribution in [0, 0.1) is 5.92 Å². The van der Waals surface area contributed by atoms with Gasteiger partial charge in [0.25, 0.3) is 11.8 Å². The lowest BCUT2D eigenvalue weighted by molar-refractivity contribution is 0.1000. The van der Waals surface area contributed by atoms with Crippen LogP contribution in [0.2, 0.25) is 0 Å². The van der Waals surface area contributed by atoms with E-state index >= 15 is 0 Å². The Morgan fingerprint density at radius 2 is 1.79 bits per heavy atom. The Hall–Kier alpha value is -3.01. The summed E-state index contributed by atoms with van der Waals surface area (Å²) in [5.74, 6) is -0.453. The molecule has 4 rings (SSSR count). The zero-order valence-electron chi connectivity index (χ0n) is 19.1. The molecule has 0 saturated carbocycles. The van der Waals surface area contributed by atoms with Crippen molar-refractivity contribution in [2.24, 2.45) is 11.7 Å². The fourth-order valence-electron chi connectivity index (χ4n) is 4.16. The van der Waals surface area contributed by atoms with Crippen LogP contribution in [0.1, 0.15) is 50.1 Å². The number of hydrogen-bond donors (Lipinski definition) is 2. The van der Waals surface area contributed by atoms with E-state index in [4.69, 9.17) is 5.73 Å². The monoisotopic (exact) mass is 497 g/mol. The van der Waals surface area contributed by atoms with Gasteiger partial charge < -0.3 is 11.1 Å². The van der Waals surface area contributed by atoms with Gasteiger partial charge >= 0.3 is 0 Å². The van der Waals surface area contributed by atoms with Crippen LogP contribution in [0.3, 0.4) is 0 Å². The molecule has 178 valence electrons. The molecule has 1 aliphatic rings. The Kier molecular flexibility index (Phi) is 6.88. The zero-order valence-corrected chi connectivity index (χ0v) is 20.7. The number of nitrogens with two attached hydrogens (primary N) is 1. The molecule has 0 saturated heterocycles. The van der Waals surface area contributed by atoms with Crippen molar-refractivity contribution in [3.8, 4) is 0 Å². The lowest BCUT2D eigenvalue weighted by Gasteiger charge is -2.18. The van der Waals surface area contributed by atoms with Gasteiger partial charge in [0.1, 0.15) is 5.00 Å². The summed E-state index contributed by atoms with van der Waals surface area (Å²) >= 11 is 1.39. The van der Waals surface area contributed by atoms with Crippen LogP contribution in [0.25, 0.3) is 0 Å². The van der Waals surface area contributed by atoms with Crippen LogP contribution in [-0.2, 0) is 29.4 Å². The minimum atomic E-state index is -3.72. The minimum Gasteiger partial charge on any atom is -0.365 e. The standard InChI is InChI=1S/C25H27N3O4S2/c1-16-8-13-20-21(14-16)33-25(22(20)23(26)29)27-24(30)18-9-11-19(12-10-18)34(31,32)28(2)15-17-6-4-3-5-7-17/h3-7,9-12,16H,8,13-15H2,1-2H3,(H2,26,29)(H,27,30). The van der Waals surface area contributed by atoms with E-state index in [1.807, 2.05) is 30.3 Å². The Morgan fingerprint density at radius 3 is 2.44 bits per heavy atom. The van der Waals surface area contributed by atoms with E-state index in [0.29, 0.717) is 22.0 Å². The second-order valence-corrected chi connectivity index (χ2v) is 11.8. The fraction of sp³-hybridized carbons (Fsp3) is 0.280. The van der Waals surface area contributed by atoms with Crippen molar-refractivity contribution in [1.29, 1.82) is 0 Å². The average Bonchev–Trinajstić information content (AvgIpc) is 3.16. The van der Waals surface area contributed by atoms with Crippen molar-refractivity contribution >= 4 is 38.2 Å². The maximum absolute atomic E-state index is 12.9. The van der Waals surface area contributed by atoms with Crippen molar-refractivity contribution < 1.29 is 18.0 Å². The number of nitrogens with zero attached hydrogens (tertiary/aromatic N) is 1. The molecule has 0 bridgehead atoms. The molecule has 0 radical (unpaired) electrons. The molecule has 1 aromatic heterocycles. The molecule has 2 amide bonds. The predicted octanol–water partition coefficient (Wildman–Crippen LogP) is 4.04. The normalized spacial score (nSPS) is 15.7. The molecule has 1 unspecified atom stereocenters. The molecule has 1 atom stereocenters. The molecule has 7 nitrogen and oxygen atoms in total. The highest BCUT2D eigenvalue weighted by molar-refractivity contribution is 7.89. The summed E-state index contributed by atoms with van der Waals surface area (Å²) in [7, 11) is -2.20. The summed E-state index contributed by atoms with van der Waals surface area (Å²) in [6.45, 7) is 2.40. The quantitative estimate of drug-likeness (QED) is 0.513. The summed E-state index contributed by atoms with van der Waals surface area (Å²) in [5, 5.41) is 3.27. The largest absolute Gasteiger partial charge is 0.365 e. The van der Waals surface area contributed by atoms with Crippen LogP contribution in [0.4, 0.5) is 5.00 Å². The molecule has 0 fully saturated rings. The van der Waals surface area contributed by atoms with Crippen molar-refractivity contribution in [2.75, 3.05) is 12.4 Å². The molecule has 1 heterocycles. The number of hydrogen-bond acceptors (Lipinski definition) is 5. The lowest BCUT2D eigenvalue weighted by Crippen LogP contribution is -2.26. The first-order valence-corrected chi connectivity index (χ1v) is 13.3. The third-order valence-corrected chi connectivity index (χ3v) is 9.05. The van der Waals surface area contributed by atoms with Crippen LogP contribution in [0.15, 0.2) is 59.5 Å². The molecular weight excluding hydrogens is 470 g/mol. The van der Waals surface area contributed by atoms with E-state index in [1.165, 1.54) is 47.0 Å². The summed E-state index contributed by atoms with van der Waals surface area (Å²) in [6, 6.07) is 15.1. The smallest absolute Gasteiger partial charge is 0.256 e. The number of carbonyl (C=O) groups is 2. The maximum atomic E-state index is 12.9. The van der Waals surface area contributed by atoms with Gasteiger partial charge in [-0.05, 0) is 60.6 Å². The van der Waals surface area contributed by atoms with Crippen LogP contribution < -0.4 is 11.1 Å².